The summed E-state index contributed by atoms with van der Waals surface area (Å²) >= 11 is 3.46. The van der Waals surface area contributed by atoms with Crippen molar-refractivity contribution in [1.82, 2.24) is 4.98 Å². The molecule has 0 bridgehead atoms. The van der Waals surface area contributed by atoms with Gasteiger partial charge in [-0.3, -0.25) is 4.79 Å². The molecule has 0 radical (unpaired) electrons. The Kier molecular flexibility index (Phi) is 4.16. The third-order valence-electron chi connectivity index (χ3n) is 2.71. The fourth-order valence-electron chi connectivity index (χ4n) is 1.74. The van der Waals surface area contributed by atoms with Crippen molar-refractivity contribution < 1.29 is 9.53 Å². The molecule has 4 nitrogen and oxygen atoms in total. The zero-order chi connectivity index (χ0) is 13.8. The molecule has 0 aliphatic heterocycles. The van der Waals surface area contributed by atoms with Gasteiger partial charge in [-0.25, -0.2) is 4.79 Å². The molecule has 0 saturated heterocycles. The number of benzene rings is 1. The minimum atomic E-state index is -0.631. The van der Waals surface area contributed by atoms with Gasteiger partial charge in [-0.2, -0.15) is 0 Å². The van der Waals surface area contributed by atoms with Crippen molar-refractivity contribution in [3.63, 3.8) is 0 Å². The maximum Gasteiger partial charge on any atom is 0.343 e. The highest BCUT2D eigenvalue weighted by Gasteiger charge is 2.11. The number of H-pyrrole nitrogens is 1. The number of rotatable bonds is 3. The van der Waals surface area contributed by atoms with Crippen molar-refractivity contribution >= 4 is 21.9 Å². The molecule has 0 amide bonds. The second-order valence-corrected chi connectivity index (χ2v) is 4.84. The number of methoxy groups -OCH3 is 1. The molecular weight excluding hydrogens is 310 g/mol. The van der Waals surface area contributed by atoms with Crippen molar-refractivity contribution in [2.24, 2.45) is 0 Å². The molecule has 1 N–H and O–H groups in total. The lowest BCUT2D eigenvalue weighted by Gasteiger charge is -2.05. The van der Waals surface area contributed by atoms with Crippen LogP contribution in [0.4, 0.5) is 0 Å². The Bertz CT molecular complexity index is 664. The van der Waals surface area contributed by atoms with E-state index in [1.165, 1.54) is 13.2 Å². The fourth-order valence-corrected chi connectivity index (χ4v) is 2.16. The highest BCUT2D eigenvalue weighted by molar-refractivity contribution is 9.10. The molecule has 0 fully saturated rings. The van der Waals surface area contributed by atoms with E-state index in [0.717, 1.165) is 15.7 Å². The zero-order valence-corrected chi connectivity index (χ0v) is 11.9. The molecule has 98 valence electrons. The van der Waals surface area contributed by atoms with Gasteiger partial charge in [0.1, 0.15) is 5.56 Å². The van der Waals surface area contributed by atoms with E-state index >= 15 is 0 Å². The number of carbonyl (C=O) groups is 1. The molecule has 2 rings (SSSR count). The van der Waals surface area contributed by atoms with Crippen LogP contribution in [0.15, 0.2) is 45.7 Å². The molecule has 0 atom stereocenters. The number of hydrogen-bond donors (Lipinski definition) is 1. The molecule has 1 aromatic carbocycles. The maximum atomic E-state index is 11.7. The number of halogens is 1. The summed E-state index contributed by atoms with van der Waals surface area (Å²) in [5.41, 5.74) is 1.38. The number of pyridine rings is 1. The Labute approximate surface area is 118 Å². The van der Waals surface area contributed by atoms with E-state index in [4.69, 9.17) is 0 Å². The van der Waals surface area contributed by atoms with Gasteiger partial charge in [-0.05, 0) is 23.8 Å². The summed E-state index contributed by atoms with van der Waals surface area (Å²) in [5, 5.41) is 0. The SMILES string of the molecule is COC(=O)c1ccc(Cc2ccccc2Br)[nH]c1=O. The highest BCUT2D eigenvalue weighted by atomic mass is 79.9. The molecule has 0 aliphatic carbocycles. The van der Waals surface area contributed by atoms with Crippen molar-refractivity contribution in [3.8, 4) is 0 Å². The first kappa shape index (κ1) is 13.5. The Morgan fingerprint density at radius 3 is 2.63 bits per heavy atom. The smallest absolute Gasteiger partial charge is 0.343 e. The van der Waals surface area contributed by atoms with Crippen LogP contribution >= 0.6 is 15.9 Å². The normalized spacial score (nSPS) is 10.2. The summed E-state index contributed by atoms with van der Waals surface area (Å²) in [6.45, 7) is 0. The molecule has 2 aromatic rings. The second kappa shape index (κ2) is 5.84. The maximum absolute atomic E-state index is 11.7. The Hall–Kier alpha value is -1.88. The lowest BCUT2D eigenvalue weighted by Crippen LogP contribution is -2.19. The molecule has 1 heterocycles. The summed E-state index contributed by atoms with van der Waals surface area (Å²) in [6, 6.07) is 11.0. The predicted molar refractivity (Wildman–Crippen MR) is 75.4 cm³/mol. The Morgan fingerprint density at radius 1 is 1.26 bits per heavy atom. The zero-order valence-electron chi connectivity index (χ0n) is 10.3. The quantitative estimate of drug-likeness (QED) is 0.884. The monoisotopic (exact) mass is 321 g/mol. The Morgan fingerprint density at radius 2 is 2.00 bits per heavy atom. The summed E-state index contributed by atoms with van der Waals surface area (Å²) < 4.78 is 5.51. The van der Waals surface area contributed by atoms with E-state index in [9.17, 15) is 9.59 Å². The van der Waals surface area contributed by atoms with Crippen molar-refractivity contribution in [2.75, 3.05) is 7.11 Å². The van der Waals surface area contributed by atoms with Crippen LogP contribution in [0.25, 0.3) is 0 Å². The fraction of sp³-hybridized carbons (Fsp3) is 0.143. The average Bonchev–Trinajstić information content (AvgIpc) is 2.41. The summed E-state index contributed by atoms with van der Waals surface area (Å²) in [5.74, 6) is -0.631. The number of esters is 1. The third-order valence-corrected chi connectivity index (χ3v) is 3.49. The van der Waals surface area contributed by atoms with Gasteiger partial charge in [0.25, 0.3) is 5.56 Å². The van der Waals surface area contributed by atoms with Crippen molar-refractivity contribution in [3.05, 3.63) is 68.0 Å². The molecule has 0 aliphatic rings. The standard InChI is InChI=1S/C14H12BrNO3/c1-19-14(18)11-7-6-10(16-13(11)17)8-9-4-2-3-5-12(9)15/h2-7H,8H2,1H3,(H,16,17). The summed E-state index contributed by atoms with van der Waals surface area (Å²) in [4.78, 5) is 25.7. The topological polar surface area (TPSA) is 59.2 Å². The van der Waals surface area contributed by atoms with Crippen LogP contribution in [0.3, 0.4) is 0 Å². The van der Waals surface area contributed by atoms with Gasteiger partial charge in [0.15, 0.2) is 0 Å². The average molecular weight is 322 g/mol. The van der Waals surface area contributed by atoms with Gasteiger partial charge in [-0.1, -0.05) is 34.1 Å². The van der Waals surface area contributed by atoms with Gasteiger partial charge in [-0.15, -0.1) is 0 Å². The van der Waals surface area contributed by atoms with Crippen molar-refractivity contribution in [2.45, 2.75) is 6.42 Å². The van der Waals surface area contributed by atoms with Crippen molar-refractivity contribution in [1.29, 1.82) is 0 Å². The van der Waals surface area contributed by atoms with E-state index in [0.29, 0.717) is 6.42 Å². The number of carbonyl (C=O) groups excluding carboxylic acids is 1. The number of aromatic amines is 1. The predicted octanol–water partition coefficient (Wildman–Crippen LogP) is 2.51. The van der Waals surface area contributed by atoms with Gasteiger partial charge in [0, 0.05) is 16.6 Å². The third kappa shape index (κ3) is 3.12. The highest BCUT2D eigenvalue weighted by Crippen LogP contribution is 2.18. The lowest BCUT2D eigenvalue weighted by molar-refractivity contribution is 0.0598. The molecule has 0 unspecified atom stereocenters. The van der Waals surface area contributed by atoms with Crippen LogP contribution in [-0.4, -0.2) is 18.1 Å². The first-order chi connectivity index (χ1) is 9.11. The van der Waals surface area contributed by atoms with Crippen LogP contribution in [-0.2, 0) is 11.2 Å². The van der Waals surface area contributed by atoms with E-state index in [-0.39, 0.29) is 5.56 Å². The minimum Gasteiger partial charge on any atom is -0.465 e. The molecule has 5 heteroatoms. The van der Waals surface area contributed by atoms with Crippen LogP contribution in [0.2, 0.25) is 0 Å². The lowest BCUT2D eigenvalue weighted by atomic mass is 10.1. The summed E-state index contributed by atoms with van der Waals surface area (Å²) in [7, 11) is 1.25. The van der Waals surface area contributed by atoms with E-state index < -0.39 is 11.5 Å². The van der Waals surface area contributed by atoms with Gasteiger partial charge >= 0.3 is 5.97 Å². The van der Waals surface area contributed by atoms with Crippen LogP contribution < -0.4 is 5.56 Å². The van der Waals surface area contributed by atoms with Gasteiger partial charge < -0.3 is 9.72 Å². The minimum absolute atomic E-state index is 0.0124. The first-order valence-corrected chi connectivity index (χ1v) is 6.45. The van der Waals surface area contributed by atoms with E-state index in [1.54, 1.807) is 6.07 Å². The number of nitrogens with one attached hydrogen (secondary N) is 1. The second-order valence-electron chi connectivity index (χ2n) is 3.99. The molecule has 0 saturated carbocycles. The molecule has 19 heavy (non-hydrogen) atoms. The Balaban J connectivity index is 2.29. The van der Waals surface area contributed by atoms with Crippen LogP contribution in [0, 0.1) is 0 Å². The molecule has 1 aromatic heterocycles. The number of hydrogen-bond acceptors (Lipinski definition) is 3. The number of aromatic nitrogens is 1. The number of ether oxygens (including phenoxy) is 1. The van der Waals surface area contributed by atoms with E-state index in [2.05, 4.69) is 25.7 Å². The van der Waals surface area contributed by atoms with Gasteiger partial charge in [0.05, 0.1) is 7.11 Å². The van der Waals surface area contributed by atoms with Crippen LogP contribution in [0.5, 0.6) is 0 Å². The first-order valence-electron chi connectivity index (χ1n) is 5.65. The summed E-state index contributed by atoms with van der Waals surface area (Å²) in [6.07, 6.45) is 0.581. The van der Waals surface area contributed by atoms with E-state index in [1.807, 2.05) is 24.3 Å². The van der Waals surface area contributed by atoms with Gasteiger partial charge in [0.2, 0.25) is 0 Å². The molecular formula is C14H12BrNO3. The molecule has 0 spiro atoms. The largest absolute Gasteiger partial charge is 0.465 e. The van der Waals surface area contributed by atoms with Crippen LogP contribution in [0.1, 0.15) is 21.6 Å².